The molecule has 4 rings (SSSR count). The van der Waals surface area contributed by atoms with Crippen LogP contribution in [0.5, 0.6) is 5.75 Å². The molecule has 0 aliphatic carbocycles. The third-order valence-corrected chi connectivity index (χ3v) is 7.07. The molecule has 0 radical (unpaired) electrons. The lowest BCUT2D eigenvalue weighted by molar-refractivity contribution is 0.201. The SMILES string of the molecule is CCSc1cccc(-c2ccc(OCCCN(C)CCOP(O)O)c3[nH]c4ncc(C)cc4c23)c1. The molecule has 186 valence electrons. The van der Waals surface area contributed by atoms with E-state index in [0.29, 0.717) is 13.2 Å². The Kier molecular flexibility index (Phi) is 9.00. The number of aryl methyl sites for hydroxylation is 1. The van der Waals surface area contributed by atoms with Gasteiger partial charge < -0.3 is 28.9 Å². The Morgan fingerprint density at radius 2 is 1.97 bits per heavy atom. The standard InChI is InChI=1S/C26H32N3O4PS/c1-4-35-20-8-5-7-19(16-20)21-9-10-23(32-13-6-11-29(3)12-14-33-34(30)31)25-24(21)22-15-18(2)17-27-26(22)28-25/h5,7-10,15-17,30-31H,4,6,11-14H2,1-3H3,(H,27,28). The van der Waals surface area contributed by atoms with Crippen molar-refractivity contribution in [1.82, 2.24) is 14.9 Å². The first-order valence-electron chi connectivity index (χ1n) is 11.7. The Hall–Kier alpha value is -2.19. The van der Waals surface area contributed by atoms with E-state index in [9.17, 15) is 0 Å². The minimum absolute atomic E-state index is 0.289. The van der Waals surface area contributed by atoms with Gasteiger partial charge >= 0.3 is 8.60 Å². The van der Waals surface area contributed by atoms with E-state index in [1.807, 2.05) is 31.1 Å². The number of hydrogen-bond donors (Lipinski definition) is 3. The smallest absolute Gasteiger partial charge is 0.327 e. The summed E-state index contributed by atoms with van der Waals surface area (Å²) in [6.07, 6.45) is 2.72. The van der Waals surface area contributed by atoms with Crippen LogP contribution in [-0.2, 0) is 4.52 Å². The summed E-state index contributed by atoms with van der Waals surface area (Å²) in [6, 6.07) is 15.1. The Balaban J connectivity index is 1.58. The van der Waals surface area contributed by atoms with Crippen LogP contribution in [0.4, 0.5) is 0 Å². The Labute approximate surface area is 211 Å². The van der Waals surface area contributed by atoms with E-state index in [4.69, 9.17) is 19.0 Å². The number of aromatic nitrogens is 2. The molecule has 7 nitrogen and oxygen atoms in total. The highest BCUT2D eigenvalue weighted by molar-refractivity contribution is 7.99. The van der Waals surface area contributed by atoms with E-state index in [2.05, 4.69) is 65.1 Å². The van der Waals surface area contributed by atoms with E-state index in [1.165, 1.54) is 10.5 Å². The third kappa shape index (κ3) is 6.53. The first-order chi connectivity index (χ1) is 17.0. The molecule has 0 aliphatic heterocycles. The van der Waals surface area contributed by atoms with Gasteiger partial charge in [0, 0.05) is 35.0 Å². The number of rotatable bonds is 12. The Morgan fingerprint density at radius 3 is 2.77 bits per heavy atom. The lowest BCUT2D eigenvalue weighted by Crippen LogP contribution is -2.25. The molecule has 0 bridgehead atoms. The molecule has 2 aromatic heterocycles. The summed E-state index contributed by atoms with van der Waals surface area (Å²) >= 11 is 1.84. The molecule has 2 aromatic carbocycles. The molecule has 0 unspecified atom stereocenters. The number of benzene rings is 2. The van der Waals surface area contributed by atoms with Gasteiger partial charge in [0.05, 0.1) is 18.7 Å². The predicted octanol–water partition coefficient (Wildman–Crippen LogP) is 5.73. The van der Waals surface area contributed by atoms with Gasteiger partial charge in [-0.3, -0.25) is 0 Å². The quantitative estimate of drug-likeness (QED) is 0.127. The minimum atomic E-state index is -2.29. The van der Waals surface area contributed by atoms with Crippen LogP contribution in [0.15, 0.2) is 53.6 Å². The van der Waals surface area contributed by atoms with Crippen molar-refractivity contribution in [2.75, 3.05) is 39.1 Å². The Bertz CT molecular complexity index is 1280. The van der Waals surface area contributed by atoms with Gasteiger partial charge in [-0.2, -0.15) is 0 Å². The van der Waals surface area contributed by atoms with Crippen LogP contribution >= 0.6 is 20.4 Å². The third-order valence-electron chi connectivity index (χ3n) is 5.78. The molecule has 35 heavy (non-hydrogen) atoms. The van der Waals surface area contributed by atoms with Crippen molar-refractivity contribution in [2.45, 2.75) is 25.2 Å². The van der Waals surface area contributed by atoms with Crippen molar-refractivity contribution in [2.24, 2.45) is 0 Å². The number of nitrogens with zero attached hydrogens (tertiary/aromatic N) is 2. The van der Waals surface area contributed by atoms with Gasteiger partial charge in [0.2, 0.25) is 0 Å². The van der Waals surface area contributed by atoms with Gasteiger partial charge in [0.1, 0.15) is 11.4 Å². The number of likely N-dealkylation sites (N-methyl/N-ethyl adjacent to an activating group) is 1. The number of fused-ring (bicyclic) bond motifs is 3. The molecule has 4 aromatic rings. The second-order valence-corrected chi connectivity index (χ2v) is 10.5. The summed E-state index contributed by atoms with van der Waals surface area (Å²) in [5.74, 6) is 1.85. The fourth-order valence-electron chi connectivity index (χ4n) is 4.15. The van der Waals surface area contributed by atoms with Crippen molar-refractivity contribution in [3.63, 3.8) is 0 Å². The largest absolute Gasteiger partial charge is 0.491 e. The summed E-state index contributed by atoms with van der Waals surface area (Å²) in [5.41, 5.74) is 5.28. The van der Waals surface area contributed by atoms with Crippen LogP contribution in [0, 0.1) is 6.92 Å². The zero-order chi connectivity index (χ0) is 24.8. The minimum Gasteiger partial charge on any atom is -0.491 e. The molecule has 2 heterocycles. The number of aromatic amines is 1. The molecule has 3 N–H and O–H groups in total. The van der Waals surface area contributed by atoms with Crippen LogP contribution in [-0.4, -0.2) is 63.8 Å². The topological polar surface area (TPSA) is 90.8 Å². The summed E-state index contributed by atoms with van der Waals surface area (Å²) in [7, 11) is -0.314. The zero-order valence-electron chi connectivity index (χ0n) is 20.3. The molecule has 0 spiro atoms. The number of pyridine rings is 1. The lowest BCUT2D eigenvalue weighted by atomic mass is 9.99. The molecule has 0 amide bonds. The maximum atomic E-state index is 8.84. The van der Waals surface area contributed by atoms with Gasteiger partial charge in [-0.25, -0.2) is 4.98 Å². The average Bonchev–Trinajstić information content (AvgIpc) is 3.21. The maximum Gasteiger partial charge on any atom is 0.327 e. The van der Waals surface area contributed by atoms with E-state index >= 15 is 0 Å². The second kappa shape index (κ2) is 12.2. The van der Waals surface area contributed by atoms with Crippen molar-refractivity contribution in [3.8, 4) is 16.9 Å². The van der Waals surface area contributed by atoms with Crippen LogP contribution in [0.2, 0.25) is 0 Å². The first kappa shape index (κ1) is 25.9. The van der Waals surface area contributed by atoms with Gasteiger partial charge in [-0.15, -0.1) is 11.8 Å². The summed E-state index contributed by atoms with van der Waals surface area (Å²) in [5, 5.41) is 2.23. The fourth-order valence-corrected chi connectivity index (χ4v) is 5.12. The van der Waals surface area contributed by atoms with E-state index < -0.39 is 8.60 Å². The van der Waals surface area contributed by atoms with Crippen molar-refractivity contribution in [1.29, 1.82) is 0 Å². The lowest BCUT2D eigenvalue weighted by Gasteiger charge is -2.17. The first-order valence-corrected chi connectivity index (χ1v) is 13.9. The van der Waals surface area contributed by atoms with Crippen LogP contribution < -0.4 is 4.74 Å². The summed E-state index contributed by atoms with van der Waals surface area (Å²) in [6.45, 7) is 6.53. The number of thioether (sulfide) groups is 1. The van der Waals surface area contributed by atoms with E-state index in [-0.39, 0.29) is 6.61 Å². The van der Waals surface area contributed by atoms with Gasteiger partial charge in [0.15, 0.2) is 0 Å². The van der Waals surface area contributed by atoms with E-state index in [1.54, 1.807) is 0 Å². The molecule has 0 saturated carbocycles. The molecular formula is C26H32N3O4PS. The van der Waals surface area contributed by atoms with Crippen molar-refractivity contribution >= 4 is 42.3 Å². The summed E-state index contributed by atoms with van der Waals surface area (Å²) < 4.78 is 11.1. The maximum absolute atomic E-state index is 8.84. The average molecular weight is 514 g/mol. The van der Waals surface area contributed by atoms with Gasteiger partial charge in [-0.05, 0) is 73.2 Å². The number of hydrogen-bond acceptors (Lipinski definition) is 7. The van der Waals surface area contributed by atoms with E-state index in [0.717, 1.165) is 57.5 Å². The highest BCUT2D eigenvalue weighted by Gasteiger charge is 2.16. The van der Waals surface area contributed by atoms with Crippen LogP contribution in [0.1, 0.15) is 18.9 Å². The molecular weight excluding hydrogens is 481 g/mol. The monoisotopic (exact) mass is 513 g/mol. The normalized spacial score (nSPS) is 11.9. The molecule has 9 heteroatoms. The Morgan fingerprint density at radius 1 is 1.11 bits per heavy atom. The van der Waals surface area contributed by atoms with Crippen LogP contribution in [0.3, 0.4) is 0 Å². The number of H-pyrrole nitrogens is 1. The van der Waals surface area contributed by atoms with Gasteiger partial charge in [0.25, 0.3) is 0 Å². The van der Waals surface area contributed by atoms with Crippen molar-refractivity contribution < 1.29 is 19.0 Å². The molecule has 0 fully saturated rings. The predicted molar refractivity (Wildman–Crippen MR) is 145 cm³/mol. The van der Waals surface area contributed by atoms with Crippen LogP contribution in [0.25, 0.3) is 33.1 Å². The zero-order valence-corrected chi connectivity index (χ0v) is 22.0. The fraction of sp³-hybridized carbons (Fsp3) is 0.346. The highest BCUT2D eigenvalue weighted by atomic mass is 32.2. The molecule has 0 aliphatic rings. The molecule has 0 saturated heterocycles. The number of nitrogens with one attached hydrogen (secondary N) is 1. The van der Waals surface area contributed by atoms with Crippen molar-refractivity contribution in [3.05, 3.63) is 54.2 Å². The molecule has 0 atom stereocenters. The number of ether oxygens (including phenoxy) is 1. The highest BCUT2D eigenvalue weighted by Crippen LogP contribution is 2.39. The van der Waals surface area contributed by atoms with Gasteiger partial charge in [-0.1, -0.05) is 19.1 Å². The second-order valence-electron chi connectivity index (χ2n) is 8.45. The summed E-state index contributed by atoms with van der Waals surface area (Å²) in [4.78, 5) is 29.2.